The summed E-state index contributed by atoms with van der Waals surface area (Å²) in [5.74, 6) is 0. The summed E-state index contributed by atoms with van der Waals surface area (Å²) in [7, 11) is 5.32. The van der Waals surface area contributed by atoms with E-state index in [1.54, 1.807) is 14.2 Å². The first-order valence-electron chi connectivity index (χ1n) is 9.59. The molecule has 0 fully saturated rings. The quantitative estimate of drug-likeness (QED) is 0.430. The maximum Gasteiger partial charge on any atom is 0.174 e. The van der Waals surface area contributed by atoms with Gasteiger partial charge in [0.1, 0.15) is 5.65 Å². The van der Waals surface area contributed by atoms with Crippen LogP contribution in [0.15, 0.2) is 79.1 Å². The fraction of sp³-hybridized carbons (Fsp3) is 0.208. The number of benzene rings is 2. The zero-order valence-electron chi connectivity index (χ0n) is 16.9. The van der Waals surface area contributed by atoms with Gasteiger partial charge >= 0.3 is 0 Å². The van der Waals surface area contributed by atoms with Gasteiger partial charge in [-0.25, -0.2) is 4.98 Å². The highest BCUT2D eigenvalue weighted by atomic mass is 16.7. The van der Waals surface area contributed by atoms with E-state index in [1.165, 1.54) is 11.1 Å². The van der Waals surface area contributed by atoms with E-state index in [0.29, 0.717) is 6.54 Å². The molecule has 0 aliphatic heterocycles. The number of ether oxygens (including phenoxy) is 2. The summed E-state index contributed by atoms with van der Waals surface area (Å²) >= 11 is 0. The molecule has 0 atom stereocenters. The van der Waals surface area contributed by atoms with E-state index in [2.05, 4.69) is 76.3 Å². The molecule has 5 nitrogen and oxygen atoms in total. The SMILES string of the molecule is COC(CN(C)c1ccc2nc(-c3ccc(-c4ccccc4)cc3)cn2c1)OC. The van der Waals surface area contributed by atoms with Crippen molar-refractivity contribution in [3.63, 3.8) is 0 Å². The lowest BCUT2D eigenvalue weighted by atomic mass is 10.0. The Morgan fingerprint density at radius 3 is 2.17 bits per heavy atom. The molecular weight excluding hydrogens is 362 g/mol. The van der Waals surface area contributed by atoms with Crippen molar-refractivity contribution in [1.29, 1.82) is 0 Å². The number of hydrogen-bond donors (Lipinski definition) is 0. The third-order valence-corrected chi connectivity index (χ3v) is 5.11. The van der Waals surface area contributed by atoms with Gasteiger partial charge in [-0.1, -0.05) is 54.6 Å². The smallest absolute Gasteiger partial charge is 0.174 e. The summed E-state index contributed by atoms with van der Waals surface area (Å²) in [5, 5.41) is 0. The van der Waals surface area contributed by atoms with Gasteiger partial charge in [-0.3, -0.25) is 0 Å². The Bertz CT molecular complexity index is 1070. The molecule has 0 saturated carbocycles. The molecule has 29 heavy (non-hydrogen) atoms. The second-order valence-corrected chi connectivity index (χ2v) is 7.00. The summed E-state index contributed by atoms with van der Waals surface area (Å²) in [6, 6.07) is 23.0. The fourth-order valence-corrected chi connectivity index (χ4v) is 3.38. The van der Waals surface area contributed by atoms with Crippen LogP contribution in [0.3, 0.4) is 0 Å². The number of imidazole rings is 1. The molecule has 2 aromatic heterocycles. The highest BCUT2D eigenvalue weighted by Gasteiger charge is 2.12. The molecule has 5 heteroatoms. The molecule has 4 aromatic rings. The second kappa shape index (κ2) is 8.47. The lowest BCUT2D eigenvalue weighted by Crippen LogP contribution is -2.31. The van der Waals surface area contributed by atoms with Crippen LogP contribution in [0.25, 0.3) is 28.0 Å². The predicted molar refractivity (Wildman–Crippen MR) is 117 cm³/mol. The molecule has 4 rings (SSSR count). The van der Waals surface area contributed by atoms with Gasteiger partial charge in [0.15, 0.2) is 6.29 Å². The van der Waals surface area contributed by atoms with Crippen molar-refractivity contribution in [3.05, 3.63) is 79.1 Å². The van der Waals surface area contributed by atoms with E-state index < -0.39 is 0 Å². The van der Waals surface area contributed by atoms with Gasteiger partial charge in [-0.05, 0) is 23.3 Å². The van der Waals surface area contributed by atoms with Crippen molar-refractivity contribution in [2.75, 3.05) is 32.7 Å². The van der Waals surface area contributed by atoms with E-state index in [-0.39, 0.29) is 6.29 Å². The topological polar surface area (TPSA) is 39.0 Å². The number of pyridine rings is 1. The maximum atomic E-state index is 5.30. The maximum absolute atomic E-state index is 5.30. The number of anilines is 1. The van der Waals surface area contributed by atoms with E-state index in [1.807, 2.05) is 19.2 Å². The predicted octanol–water partition coefficient (Wildman–Crippen LogP) is 4.72. The van der Waals surface area contributed by atoms with Gasteiger partial charge in [-0.15, -0.1) is 0 Å². The van der Waals surface area contributed by atoms with Gasteiger partial charge < -0.3 is 18.8 Å². The van der Waals surface area contributed by atoms with Gasteiger partial charge in [0.05, 0.1) is 17.9 Å². The zero-order valence-corrected chi connectivity index (χ0v) is 16.9. The van der Waals surface area contributed by atoms with Crippen LogP contribution in [0.1, 0.15) is 0 Å². The Labute approximate surface area is 171 Å². The van der Waals surface area contributed by atoms with Crippen LogP contribution in [0.2, 0.25) is 0 Å². The number of methoxy groups -OCH3 is 2. The minimum Gasteiger partial charge on any atom is -0.368 e. The first kappa shape index (κ1) is 19.2. The Kier molecular flexibility index (Phi) is 5.60. The Hall–Kier alpha value is -3.15. The number of hydrogen-bond acceptors (Lipinski definition) is 4. The number of likely N-dealkylation sites (N-methyl/N-ethyl adjacent to an activating group) is 1. The molecule has 148 valence electrons. The van der Waals surface area contributed by atoms with Crippen LogP contribution in [-0.2, 0) is 9.47 Å². The van der Waals surface area contributed by atoms with Crippen molar-refractivity contribution in [1.82, 2.24) is 9.38 Å². The van der Waals surface area contributed by atoms with E-state index in [4.69, 9.17) is 14.5 Å². The summed E-state index contributed by atoms with van der Waals surface area (Å²) < 4.78 is 12.7. The molecule has 0 radical (unpaired) electrons. The standard InChI is InChI=1S/C24H25N3O2/c1-26(17-24(28-2)29-3)21-13-14-23-25-22(16-27(23)15-21)20-11-9-19(10-12-20)18-7-5-4-6-8-18/h4-16,24H,17H2,1-3H3. The second-order valence-electron chi connectivity index (χ2n) is 7.00. The number of nitrogens with zero attached hydrogens (tertiary/aromatic N) is 3. The highest BCUT2D eigenvalue weighted by Crippen LogP contribution is 2.25. The average Bonchev–Trinajstić information content (AvgIpc) is 3.21. The van der Waals surface area contributed by atoms with Crippen LogP contribution in [0.5, 0.6) is 0 Å². The minimum absolute atomic E-state index is 0.267. The molecular formula is C24H25N3O2. The lowest BCUT2D eigenvalue weighted by Gasteiger charge is -2.23. The molecule has 2 aromatic carbocycles. The summed E-state index contributed by atoms with van der Waals surface area (Å²) in [6.07, 6.45) is 3.87. The van der Waals surface area contributed by atoms with Crippen LogP contribution in [0.4, 0.5) is 5.69 Å². The van der Waals surface area contributed by atoms with Crippen molar-refractivity contribution >= 4 is 11.3 Å². The molecule has 0 bridgehead atoms. The van der Waals surface area contributed by atoms with Crippen LogP contribution < -0.4 is 4.90 Å². The number of aromatic nitrogens is 2. The van der Waals surface area contributed by atoms with Gasteiger partial charge in [0.25, 0.3) is 0 Å². The molecule has 0 unspecified atom stereocenters. The molecule has 0 N–H and O–H groups in total. The number of rotatable bonds is 7. The van der Waals surface area contributed by atoms with E-state index in [0.717, 1.165) is 22.6 Å². The monoisotopic (exact) mass is 387 g/mol. The largest absolute Gasteiger partial charge is 0.368 e. The molecule has 0 amide bonds. The summed E-state index contributed by atoms with van der Waals surface area (Å²) in [6.45, 7) is 0.640. The molecule has 0 aliphatic rings. The zero-order chi connectivity index (χ0) is 20.2. The molecule has 2 heterocycles. The van der Waals surface area contributed by atoms with E-state index in [9.17, 15) is 0 Å². The van der Waals surface area contributed by atoms with Crippen LogP contribution in [-0.4, -0.2) is 43.5 Å². The Morgan fingerprint density at radius 2 is 1.48 bits per heavy atom. The Morgan fingerprint density at radius 1 is 0.828 bits per heavy atom. The van der Waals surface area contributed by atoms with E-state index >= 15 is 0 Å². The summed E-state index contributed by atoms with van der Waals surface area (Å²) in [4.78, 5) is 6.88. The Balaban J connectivity index is 1.57. The van der Waals surface area contributed by atoms with Gasteiger partial charge in [-0.2, -0.15) is 0 Å². The highest BCUT2D eigenvalue weighted by molar-refractivity contribution is 5.70. The normalized spacial score (nSPS) is 11.3. The van der Waals surface area contributed by atoms with Crippen molar-refractivity contribution in [2.24, 2.45) is 0 Å². The first-order valence-corrected chi connectivity index (χ1v) is 9.59. The van der Waals surface area contributed by atoms with Crippen molar-refractivity contribution < 1.29 is 9.47 Å². The van der Waals surface area contributed by atoms with Gasteiger partial charge in [0.2, 0.25) is 0 Å². The molecule has 0 aliphatic carbocycles. The average molecular weight is 387 g/mol. The van der Waals surface area contributed by atoms with Crippen LogP contribution >= 0.6 is 0 Å². The molecule has 0 saturated heterocycles. The van der Waals surface area contributed by atoms with Crippen LogP contribution in [0, 0.1) is 0 Å². The number of fused-ring (bicyclic) bond motifs is 1. The third kappa shape index (κ3) is 4.16. The minimum atomic E-state index is -0.267. The van der Waals surface area contributed by atoms with Gasteiger partial charge in [0, 0.05) is 39.2 Å². The van der Waals surface area contributed by atoms with Crippen molar-refractivity contribution in [2.45, 2.75) is 6.29 Å². The first-order chi connectivity index (χ1) is 14.2. The lowest BCUT2D eigenvalue weighted by molar-refractivity contribution is -0.0944. The summed E-state index contributed by atoms with van der Waals surface area (Å²) in [5.41, 5.74) is 6.46. The molecule has 0 spiro atoms. The fourth-order valence-electron chi connectivity index (χ4n) is 3.38. The van der Waals surface area contributed by atoms with Crippen molar-refractivity contribution in [3.8, 4) is 22.4 Å². The third-order valence-electron chi connectivity index (χ3n) is 5.11.